The molecule has 0 atom stereocenters. The molecule has 1 fully saturated rings. The molecule has 0 N–H and O–H groups in total. The van der Waals surface area contributed by atoms with Gasteiger partial charge in [-0.25, -0.2) is 12.8 Å². The summed E-state index contributed by atoms with van der Waals surface area (Å²) >= 11 is 6.04. The maximum Gasteiger partial charge on any atom is 0.244 e. The fourth-order valence-corrected chi connectivity index (χ4v) is 4.54. The molecule has 0 aromatic heterocycles. The highest BCUT2D eigenvalue weighted by molar-refractivity contribution is 7.89. The summed E-state index contributed by atoms with van der Waals surface area (Å²) in [6.07, 6.45) is 1.42. The summed E-state index contributed by atoms with van der Waals surface area (Å²) < 4.78 is 41.4. The van der Waals surface area contributed by atoms with Crippen LogP contribution in [0.4, 0.5) is 4.39 Å². The Bertz CT molecular complexity index is 900. The molecule has 2 aromatic carbocycles. The molecule has 0 saturated heterocycles. The molecular weight excluding hydrogens is 351 g/mol. The summed E-state index contributed by atoms with van der Waals surface area (Å²) in [5, 5.41) is 9.37. The number of sulfonamides is 1. The average Bonchev–Trinajstić information content (AvgIpc) is 3.39. The maximum absolute atomic E-state index is 14.1. The first-order chi connectivity index (χ1) is 11.4. The predicted octanol–water partition coefficient (Wildman–Crippen LogP) is 3.70. The molecule has 24 heavy (non-hydrogen) atoms. The number of nitrogens with zero attached hydrogens (tertiary/aromatic N) is 2. The molecule has 1 aliphatic carbocycles. The van der Waals surface area contributed by atoms with E-state index in [9.17, 15) is 18.1 Å². The fourth-order valence-electron chi connectivity index (χ4n) is 2.52. The van der Waals surface area contributed by atoms with Crippen LogP contribution in [0.3, 0.4) is 0 Å². The van der Waals surface area contributed by atoms with Crippen LogP contribution in [-0.4, -0.2) is 18.8 Å². The van der Waals surface area contributed by atoms with Crippen LogP contribution in [0.2, 0.25) is 5.02 Å². The van der Waals surface area contributed by atoms with Gasteiger partial charge < -0.3 is 0 Å². The lowest BCUT2D eigenvalue weighted by atomic mass is 10.2. The van der Waals surface area contributed by atoms with Gasteiger partial charge in [0.05, 0.1) is 10.5 Å². The molecule has 0 bridgehead atoms. The van der Waals surface area contributed by atoms with Gasteiger partial charge in [-0.2, -0.15) is 9.57 Å². The molecule has 4 nitrogen and oxygen atoms in total. The van der Waals surface area contributed by atoms with E-state index in [1.54, 1.807) is 12.1 Å². The zero-order valence-electron chi connectivity index (χ0n) is 12.6. The quantitative estimate of drug-likeness (QED) is 0.812. The summed E-state index contributed by atoms with van der Waals surface area (Å²) in [4.78, 5) is -0.0631. The Morgan fingerprint density at radius 1 is 1.21 bits per heavy atom. The number of hydrogen-bond acceptors (Lipinski definition) is 3. The zero-order chi connectivity index (χ0) is 17.3. The molecule has 0 heterocycles. The van der Waals surface area contributed by atoms with E-state index in [-0.39, 0.29) is 33.6 Å². The smallest absolute Gasteiger partial charge is 0.207 e. The van der Waals surface area contributed by atoms with Crippen LogP contribution in [0, 0.1) is 17.1 Å². The lowest BCUT2D eigenvalue weighted by Gasteiger charge is -2.23. The fraction of sp³-hybridized carbons (Fsp3) is 0.235. The maximum atomic E-state index is 14.1. The largest absolute Gasteiger partial charge is 0.244 e. The Kier molecular flexibility index (Phi) is 4.59. The Morgan fingerprint density at radius 2 is 1.92 bits per heavy atom. The highest BCUT2D eigenvalue weighted by atomic mass is 35.5. The molecule has 1 aliphatic rings. The third-order valence-corrected chi connectivity index (χ3v) is 6.23. The van der Waals surface area contributed by atoms with Crippen molar-refractivity contribution < 1.29 is 12.8 Å². The number of rotatable bonds is 5. The second kappa shape index (κ2) is 6.52. The number of nitriles is 1. The molecule has 124 valence electrons. The first kappa shape index (κ1) is 16.9. The highest BCUT2D eigenvalue weighted by Crippen LogP contribution is 2.35. The van der Waals surface area contributed by atoms with Gasteiger partial charge in [0, 0.05) is 23.2 Å². The summed E-state index contributed by atoms with van der Waals surface area (Å²) in [7, 11) is -3.93. The Labute approximate surface area is 145 Å². The van der Waals surface area contributed by atoms with Crippen LogP contribution in [0.15, 0.2) is 47.4 Å². The minimum atomic E-state index is -3.93. The molecule has 3 rings (SSSR count). The van der Waals surface area contributed by atoms with E-state index in [2.05, 4.69) is 0 Å². The van der Waals surface area contributed by atoms with E-state index >= 15 is 0 Å². The lowest BCUT2D eigenvalue weighted by molar-refractivity contribution is 0.391. The van der Waals surface area contributed by atoms with Crippen LogP contribution in [0.1, 0.15) is 24.0 Å². The van der Waals surface area contributed by atoms with E-state index < -0.39 is 15.8 Å². The number of benzene rings is 2. The van der Waals surface area contributed by atoms with Gasteiger partial charge in [0.2, 0.25) is 10.0 Å². The molecule has 0 unspecified atom stereocenters. The van der Waals surface area contributed by atoms with Crippen molar-refractivity contribution in [2.45, 2.75) is 30.3 Å². The normalized spacial score (nSPS) is 14.6. The summed E-state index contributed by atoms with van der Waals surface area (Å²) in [5.41, 5.74) is 0.215. The Hall–Kier alpha value is -1.94. The van der Waals surface area contributed by atoms with Crippen molar-refractivity contribution in [2.75, 3.05) is 0 Å². The molecular formula is C17H14ClFN2O2S. The van der Waals surface area contributed by atoms with Gasteiger partial charge in [0.25, 0.3) is 0 Å². The first-order valence-corrected chi connectivity index (χ1v) is 9.21. The minimum absolute atomic E-state index is 0.0631. The lowest BCUT2D eigenvalue weighted by Crippen LogP contribution is -2.33. The molecule has 1 saturated carbocycles. The topological polar surface area (TPSA) is 61.2 Å². The van der Waals surface area contributed by atoms with E-state index in [1.165, 1.54) is 34.6 Å². The summed E-state index contributed by atoms with van der Waals surface area (Å²) in [5.74, 6) is -0.545. The van der Waals surface area contributed by atoms with Crippen molar-refractivity contribution in [2.24, 2.45) is 0 Å². The second-order valence-corrected chi connectivity index (χ2v) is 7.86. The van der Waals surface area contributed by atoms with Crippen molar-refractivity contribution in [1.82, 2.24) is 4.31 Å². The van der Waals surface area contributed by atoms with Crippen molar-refractivity contribution in [3.05, 3.63) is 64.4 Å². The van der Waals surface area contributed by atoms with Gasteiger partial charge in [-0.15, -0.1) is 0 Å². The zero-order valence-corrected chi connectivity index (χ0v) is 14.2. The molecule has 7 heteroatoms. The van der Waals surface area contributed by atoms with Crippen LogP contribution < -0.4 is 0 Å². The molecule has 0 spiro atoms. The van der Waals surface area contributed by atoms with Crippen LogP contribution >= 0.6 is 11.6 Å². The van der Waals surface area contributed by atoms with Crippen molar-refractivity contribution in [3.63, 3.8) is 0 Å². The first-order valence-electron chi connectivity index (χ1n) is 7.39. The molecule has 2 aromatic rings. The SMILES string of the molecule is N#Cc1ccccc1S(=O)(=O)N(Cc1c(F)cccc1Cl)C1CC1. The van der Waals surface area contributed by atoms with Crippen LogP contribution in [0.5, 0.6) is 0 Å². The highest BCUT2D eigenvalue weighted by Gasteiger charge is 2.39. The Balaban J connectivity index is 2.04. The third kappa shape index (κ3) is 3.16. The Morgan fingerprint density at radius 3 is 2.54 bits per heavy atom. The van der Waals surface area contributed by atoms with E-state index in [0.717, 1.165) is 0 Å². The van der Waals surface area contributed by atoms with Crippen molar-refractivity contribution >= 4 is 21.6 Å². The van der Waals surface area contributed by atoms with Crippen LogP contribution in [0.25, 0.3) is 0 Å². The molecule has 0 amide bonds. The minimum Gasteiger partial charge on any atom is -0.207 e. The van der Waals surface area contributed by atoms with Gasteiger partial charge in [0.1, 0.15) is 11.9 Å². The van der Waals surface area contributed by atoms with Crippen molar-refractivity contribution in [3.8, 4) is 6.07 Å². The van der Waals surface area contributed by atoms with E-state index in [1.807, 2.05) is 6.07 Å². The van der Waals surface area contributed by atoms with Crippen molar-refractivity contribution in [1.29, 1.82) is 5.26 Å². The van der Waals surface area contributed by atoms with Gasteiger partial charge in [-0.3, -0.25) is 0 Å². The van der Waals surface area contributed by atoms with E-state index in [0.29, 0.717) is 12.8 Å². The standard InChI is InChI=1S/C17H14ClFN2O2S/c18-15-5-3-6-16(19)14(15)11-21(13-8-9-13)24(22,23)17-7-2-1-4-12(17)10-20/h1-7,13H,8-9,11H2. The van der Waals surface area contributed by atoms with Crippen LogP contribution in [-0.2, 0) is 16.6 Å². The molecule has 0 aliphatic heterocycles. The summed E-state index contributed by atoms with van der Waals surface area (Å²) in [6, 6.07) is 12.0. The van der Waals surface area contributed by atoms with Gasteiger partial charge in [-0.1, -0.05) is 29.8 Å². The van der Waals surface area contributed by atoms with Gasteiger partial charge in [0.15, 0.2) is 0 Å². The van der Waals surface area contributed by atoms with E-state index in [4.69, 9.17) is 11.6 Å². The predicted molar refractivity (Wildman–Crippen MR) is 88.3 cm³/mol. The average molecular weight is 365 g/mol. The number of hydrogen-bond donors (Lipinski definition) is 0. The molecule has 0 radical (unpaired) electrons. The van der Waals surface area contributed by atoms with Gasteiger partial charge in [-0.05, 0) is 37.1 Å². The monoisotopic (exact) mass is 364 g/mol. The second-order valence-electron chi connectivity index (χ2n) is 5.59. The van der Waals surface area contributed by atoms with Gasteiger partial charge >= 0.3 is 0 Å². The summed E-state index contributed by atoms with van der Waals surface area (Å²) in [6.45, 7) is -0.154. The third-order valence-electron chi connectivity index (χ3n) is 3.92. The number of halogens is 2.